The highest BCUT2D eigenvalue weighted by atomic mass is 32.2. The van der Waals surface area contributed by atoms with E-state index >= 15 is 0 Å². The van der Waals surface area contributed by atoms with Crippen LogP contribution in [0.4, 0.5) is 5.69 Å². The van der Waals surface area contributed by atoms with Gasteiger partial charge in [-0.3, -0.25) is 10.1 Å². The summed E-state index contributed by atoms with van der Waals surface area (Å²) in [7, 11) is -3.79. The number of sulfonamides is 1. The number of hydrogen-bond acceptors (Lipinski definition) is 7. The lowest BCUT2D eigenvalue weighted by molar-refractivity contribution is 0.0976. The highest BCUT2D eigenvalue weighted by Crippen LogP contribution is 2.39. The molecule has 4 N–H and O–H groups in total. The molecule has 1 amide bonds. The summed E-state index contributed by atoms with van der Waals surface area (Å²) in [6.07, 6.45) is 0. The highest BCUT2D eigenvalue weighted by molar-refractivity contribution is 7.89. The number of carbonyl (C=O) groups is 1. The van der Waals surface area contributed by atoms with Gasteiger partial charge in [0.2, 0.25) is 15.8 Å². The van der Waals surface area contributed by atoms with E-state index in [-0.39, 0.29) is 15.6 Å². The van der Waals surface area contributed by atoms with E-state index in [1.54, 1.807) is 12.1 Å². The first kappa shape index (κ1) is 24.4. The molecule has 0 unspecified atom stereocenters. The Labute approximate surface area is 186 Å². The number of amides is 1. The predicted octanol–water partition coefficient (Wildman–Crippen LogP) is 2.66. The minimum atomic E-state index is -3.79. The zero-order valence-corrected chi connectivity index (χ0v) is 19.1. The number of nitrogens with one attached hydrogen (secondary N) is 2. The predicted molar refractivity (Wildman–Crippen MR) is 121 cm³/mol. The van der Waals surface area contributed by atoms with Gasteiger partial charge in [0.05, 0.1) is 24.7 Å². The quantitative estimate of drug-likeness (QED) is 0.480. The third-order valence-corrected chi connectivity index (χ3v) is 4.97. The van der Waals surface area contributed by atoms with Gasteiger partial charge >= 0.3 is 0 Å². The van der Waals surface area contributed by atoms with Crippen molar-refractivity contribution in [3.63, 3.8) is 0 Å². The highest BCUT2D eigenvalue weighted by Gasteiger charge is 2.19. The molecule has 0 saturated carbocycles. The van der Waals surface area contributed by atoms with E-state index in [0.717, 1.165) is 0 Å². The molecule has 0 aliphatic rings. The number of carbonyl (C=O) groups excluding carboxylic acids is 1. The van der Waals surface area contributed by atoms with Crippen molar-refractivity contribution in [2.45, 2.75) is 25.7 Å². The third-order valence-electron chi connectivity index (χ3n) is 3.84. The maximum atomic E-state index is 12.7. The minimum Gasteiger partial charge on any atom is -0.490 e. The van der Waals surface area contributed by atoms with E-state index in [1.807, 2.05) is 20.8 Å². The van der Waals surface area contributed by atoms with Crippen molar-refractivity contribution >= 4 is 38.9 Å². The molecule has 0 atom stereocenters. The lowest BCUT2D eigenvalue weighted by atomic mass is 10.1. The van der Waals surface area contributed by atoms with Crippen LogP contribution in [0, 0.1) is 0 Å². The summed E-state index contributed by atoms with van der Waals surface area (Å²) in [6, 6.07) is 8.73. The first-order chi connectivity index (χ1) is 14.7. The number of primary sulfonamides is 1. The van der Waals surface area contributed by atoms with Crippen LogP contribution in [0.25, 0.3) is 0 Å². The maximum absolute atomic E-state index is 12.7. The summed E-state index contributed by atoms with van der Waals surface area (Å²) in [5.74, 6) is 0.720. The Morgan fingerprint density at radius 3 is 1.94 bits per heavy atom. The third kappa shape index (κ3) is 6.81. The van der Waals surface area contributed by atoms with Crippen molar-refractivity contribution in [2.75, 3.05) is 25.1 Å². The van der Waals surface area contributed by atoms with Crippen LogP contribution in [0.1, 0.15) is 31.1 Å². The number of anilines is 1. The first-order valence-corrected chi connectivity index (χ1v) is 11.5. The molecule has 0 aromatic heterocycles. The van der Waals surface area contributed by atoms with Crippen LogP contribution in [0.15, 0.2) is 41.3 Å². The summed E-state index contributed by atoms with van der Waals surface area (Å²) in [4.78, 5) is 12.7. The van der Waals surface area contributed by atoms with Gasteiger partial charge in [-0.1, -0.05) is 0 Å². The fraction of sp³-hybridized carbons (Fsp3) is 0.300. The number of benzene rings is 2. The minimum absolute atomic E-state index is 0.0261. The van der Waals surface area contributed by atoms with E-state index in [0.29, 0.717) is 42.8 Å². The van der Waals surface area contributed by atoms with E-state index in [1.165, 1.54) is 24.3 Å². The lowest BCUT2D eigenvalue weighted by Gasteiger charge is -2.17. The Balaban J connectivity index is 2.19. The Hall–Kier alpha value is -2.89. The summed E-state index contributed by atoms with van der Waals surface area (Å²) < 4.78 is 39.5. The van der Waals surface area contributed by atoms with Gasteiger partial charge in [-0.2, -0.15) is 0 Å². The Morgan fingerprint density at radius 2 is 1.48 bits per heavy atom. The van der Waals surface area contributed by atoms with Crippen LogP contribution in [-0.4, -0.2) is 39.3 Å². The van der Waals surface area contributed by atoms with Crippen molar-refractivity contribution in [3.05, 3.63) is 42.0 Å². The number of rotatable bonds is 9. The van der Waals surface area contributed by atoms with Crippen molar-refractivity contribution in [1.29, 1.82) is 0 Å². The van der Waals surface area contributed by atoms with Crippen LogP contribution in [-0.2, 0) is 10.0 Å². The Bertz CT molecular complexity index is 1010. The molecule has 11 heteroatoms. The molecule has 0 saturated heterocycles. The molecule has 0 aliphatic heterocycles. The SMILES string of the molecule is CCOc1cc(C(=O)NC(=S)Nc2ccc(S(N)(=O)=O)cc2)cc(OCC)c1OCC. The van der Waals surface area contributed by atoms with E-state index in [4.69, 9.17) is 31.6 Å². The van der Waals surface area contributed by atoms with E-state index < -0.39 is 15.9 Å². The van der Waals surface area contributed by atoms with Crippen LogP contribution in [0.3, 0.4) is 0 Å². The van der Waals surface area contributed by atoms with Gasteiger partial charge in [0, 0.05) is 11.3 Å². The molecule has 0 heterocycles. The molecule has 2 aromatic rings. The van der Waals surface area contributed by atoms with Crippen LogP contribution in [0.2, 0.25) is 0 Å². The van der Waals surface area contributed by atoms with E-state index in [2.05, 4.69) is 10.6 Å². The molecule has 2 aromatic carbocycles. The Morgan fingerprint density at radius 1 is 0.968 bits per heavy atom. The maximum Gasteiger partial charge on any atom is 0.257 e. The summed E-state index contributed by atoms with van der Waals surface area (Å²) in [5, 5.41) is 10.5. The first-order valence-electron chi connectivity index (χ1n) is 9.51. The lowest BCUT2D eigenvalue weighted by Crippen LogP contribution is -2.34. The molecule has 9 nitrogen and oxygen atoms in total. The summed E-state index contributed by atoms with van der Waals surface area (Å²) >= 11 is 5.18. The molecular formula is C20H25N3O6S2. The molecule has 0 spiro atoms. The van der Waals surface area contributed by atoms with Crippen molar-refractivity contribution < 1.29 is 27.4 Å². The molecule has 2 rings (SSSR count). The van der Waals surface area contributed by atoms with Crippen molar-refractivity contribution in [3.8, 4) is 17.2 Å². The number of thiocarbonyl (C=S) groups is 1. The van der Waals surface area contributed by atoms with Crippen LogP contribution in [0.5, 0.6) is 17.2 Å². The second-order valence-electron chi connectivity index (χ2n) is 6.08. The second-order valence-corrected chi connectivity index (χ2v) is 8.05. The Kier molecular flexibility index (Phi) is 8.60. The van der Waals surface area contributed by atoms with Gasteiger partial charge in [-0.05, 0) is 69.4 Å². The van der Waals surface area contributed by atoms with Crippen molar-refractivity contribution in [2.24, 2.45) is 5.14 Å². The fourth-order valence-corrected chi connectivity index (χ4v) is 3.31. The van der Waals surface area contributed by atoms with Gasteiger partial charge in [0.15, 0.2) is 16.6 Å². The largest absolute Gasteiger partial charge is 0.490 e. The number of nitrogens with two attached hydrogens (primary N) is 1. The topological polar surface area (TPSA) is 129 Å². The van der Waals surface area contributed by atoms with Gasteiger partial charge in [0.1, 0.15) is 0 Å². The average Bonchev–Trinajstić information content (AvgIpc) is 2.70. The monoisotopic (exact) mass is 467 g/mol. The number of hydrogen-bond donors (Lipinski definition) is 3. The zero-order valence-electron chi connectivity index (χ0n) is 17.4. The van der Waals surface area contributed by atoms with Crippen molar-refractivity contribution in [1.82, 2.24) is 5.32 Å². The second kappa shape index (κ2) is 10.9. The number of ether oxygens (including phenoxy) is 3. The molecule has 168 valence electrons. The van der Waals surface area contributed by atoms with Gasteiger partial charge in [-0.25, -0.2) is 13.6 Å². The van der Waals surface area contributed by atoms with Gasteiger partial charge < -0.3 is 19.5 Å². The standard InChI is InChI=1S/C20H25N3O6S2/c1-4-27-16-11-13(12-17(28-5-2)18(16)29-6-3)19(24)23-20(30)22-14-7-9-15(10-8-14)31(21,25)26/h7-12H,4-6H2,1-3H3,(H2,21,25,26)(H2,22,23,24,30). The average molecular weight is 468 g/mol. The fourth-order valence-electron chi connectivity index (χ4n) is 2.59. The van der Waals surface area contributed by atoms with Gasteiger partial charge in [-0.15, -0.1) is 0 Å². The van der Waals surface area contributed by atoms with Crippen LogP contribution < -0.4 is 30.0 Å². The molecule has 0 radical (unpaired) electrons. The smallest absolute Gasteiger partial charge is 0.257 e. The van der Waals surface area contributed by atoms with E-state index in [9.17, 15) is 13.2 Å². The van der Waals surface area contributed by atoms with Crippen LogP contribution >= 0.6 is 12.2 Å². The summed E-state index contributed by atoms with van der Waals surface area (Å²) in [5.41, 5.74) is 0.749. The normalized spacial score (nSPS) is 10.8. The summed E-state index contributed by atoms with van der Waals surface area (Å²) in [6.45, 7) is 6.65. The van der Waals surface area contributed by atoms with Gasteiger partial charge in [0.25, 0.3) is 5.91 Å². The molecule has 0 fully saturated rings. The molecule has 0 bridgehead atoms. The molecule has 31 heavy (non-hydrogen) atoms. The molecular weight excluding hydrogens is 442 g/mol. The zero-order chi connectivity index (χ0) is 23.0. The molecule has 0 aliphatic carbocycles.